The highest BCUT2D eigenvalue weighted by Crippen LogP contribution is 2.38. The first-order chi connectivity index (χ1) is 12.2. The molecule has 8 nitrogen and oxygen atoms in total. The molecule has 0 bridgehead atoms. The molecular weight excluding hydrogens is 399 g/mol. The van der Waals surface area contributed by atoms with Gasteiger partial charge in [0.15, 0.2) is 0 Å². The molecule has 0 aliphatic carbocycles. The second kappa shape index (κ2) is 7.02. The molecule has 0 radical (unpaired) electrons. The monoisotopic (exact) mass is 412 g/mol. The van der Waals surface area contributed by atoms with Crippen molar-refractivity contribution >= 4 is 56.5 Å². The van der Waals surface area contributed by atoms with Gasteiger partial charge in [0, 0.05) is 16.9 Å². The maximum atomic E-state index is 11.4. The lowest BCUT2D eigenvalue weighted by atomic mass is 10.0. The van der Waals surface area contributed by atoms with Crippen molar-refractivity contribution in [2.75, 3.05) is 22.0 Å². The van der Waals surface area contributed by atoms with E-state index in [2.05, 4.69) is 25.2 Å². The number of aromatic amines is 1. The molecule has 0 unspecified atom stereocenters. The van der Waals surface area contributed by atoms with Crippen molar-refractivity contribution in [2.24, 2.45) is 0 Å². The van der Waals surface area contributed by atoms with Crippen molar-refractivity contribution in [3.63, 3.8) is 0 Å². The normalized spacial score (nSPS) is 11.3. The Bertz CT molecular complexity index is 1040. The van der Waals surface area contributed by atoms with Crippen molar-refractivity contribution < 1.29 is 8.42 Å². The molecule has 2 aromatic carbocycles. The third kappa shape index (κ3) is 4.37. The van der Waals surface area contributed by atoms with E-state index in [1.54, 1.807) is 36.4 Å². The zero-order valence-electron chi connectivity index (χ0n) is 13.4. The predicted octanol–water partition coefficient (Wildman–Crippen LogP) is 3.48. The van der Waals surface area contributed by atoms with Gasteiger partial charge in [-0.1, -0.05) is 35.3 Å². The second-order valence-electron chi connectivity index (χ2n) is 5.44. The molecule has 1 heterocycles. The molecule has 0 aliphatic heterocycles. The highest BCUT2D eigenvalue weighted by molar-refractivity contribution is 7.92. The zero-order chi connectivity index (χ0) is 18.9. The van der Waals surface area contributed by atoms with Crippen LogP contribution in [-0.2, 0) is 10.0 Å². The van der Waals surface area contributed by atoms with Crippen LogP contribution in [0.15, 0.2) is 36.4 Å². The predicted molar refractivity (Wildman–Crippen MR) is 104 cm³/mol. The molecule has 0 amide bonds. The summed E-state index contributed by atoms with van der Waals surface area (Å²) in [7, 11) is -3.39. The summed E-state index contributed by atoms with van der Waals surface area (Å²) in [6.07, 6.45) is 1.08. The quantitative estimate of drug-likeness (QED) is 0.508. The Morgan fingerprint density at radius 3 is 2.38 bits per heavy atom. The van der Waals surface area contributed by atoms with Crippen LogP contribution in [0.2, 0.25) is 10.0 Å². The fourth-order valence-corrected chi connectivity index (χ4v) is 3.59. The van der Waals surface area contributed by atoms with Gasteiger partial charge in [0.05, 0.1) is 16.3 Å². The Balaban J connectivity index is 1.95. The molecule has 136 valence electrons. The molecule has 11 heteroatoms. The van der Waals surface area contributed by atoms with Gasteiger partial charge in [0.25, 0.3) is 0 Å². The Kier molecular flexibility index (Phi) is 4.94. The van der Waals surface area contributed by atoms with Crippen molar-refractivity contribution in [1.29, 1.82) is 0 Å². The number of nitrogens with zero attached hydrogens (tertiary/aromatic N) is 2. The Morgan fingerprint density at radius 1 is 1.12 bits per heavy atom. The molecule has 26 heavy (non-hydrogen) atoms. The van der Waals surface area contributed by atoms with Crippen LogP contribution in [0.3, 0.4) is 0 Å². The molecule has 0 atom stereocenters. The third-order valence-corrected chi connectivity index (χ3v) is 4.46. The summed E-state index contributed by atoms with van der Waals surface area (Å²) >= 11 is 12.8. The minimum atomic E-state index is -3.39. The number of anilines is 4. The summed E-state index contributed by atoms with van der Waals surface area (Å²) < 4.78 is 25.2. The number of benzene rings is 2. The highest BCUT2D eigenvalue weighted by Gasteiger charge is 2.13. The summed E-state index contributed by atoms with van der Waals surface area (Å²) in [5, 5.41) is 10.1. The van der Waals surface area contributed by atoms with E-state index in [1.807, 2.05) is 0 Å². The zero-order valence-corrected chi connectivity index (χ0v) is 15.7. The average molecular weight is 413 g/mol. The van der Waals surface area contributed by atoms with Crippen LogP contribution in [0.25, 0.3) is 11.1 Å². The van der Waals surface area contributed by atoms with Gasteiger partial charge in [-0.05, 0) is 29.8 Å². The van der Waals surface area contributed by atoms with Crippen LogP contribution in [0, 0.1) is 0 Å². The largest absolute Gasteiger partial charge is 0.368 e. The van der Waals surface area contributed by atoms with Crippen molar-refractivity contribution in [2.45, 2.75) is 0 Å². The SMILES string of the molecule is CS(=O)(=O)Nc1cccc(-c2c(Cl)cc(Nc3n[nH]c(N)n3)cc2Cl)c1. The summed E-state index contributed by atoms with van der Waals surface area (Å²) in [5.74, 6) is 0.457. The van der Waals surface area contributed by atoms with E-state index in [0.717, 1.165) is 6.26 Å². The number of sulfonamides is 1. The number of hydrogen-bond donors (Lipinski definition) is 4. The van der Waals surface area contributed by atoms with E-state index in [4.69, 9.17) is 28.9 Å². The Morgan fingerprint density at radius 2 is 1.81 bits per heavy atom. The highest BCUT2D eigenvalue weighted by atomic mass is 35.5. The summed E-state index contributed by atoms with van der Waals surface area (Å²) in [6, 6.07) is 10.1. The van der Waals surface area contributed by atoms with Crippen LogP contribution >= 0.6 is 23.2 Å². The average Bonchev–Trinajstić information content (AvgIpc) is 2.90. The topological polar surface area (TPSA) is 126 Å². The van der Waals surface area contributed by atoms with E-state index in [0.29, 0.717) is 32.5 Å². The van der Waals surface area contributed by atoms with Crippen LogP contribution in [-0.4, -0.2) is 29.9 Å². The van der Waals surface area contributed by atoms with Gasteiger partial charge < -0.3 is 11.1 Å². The summed E-state index contributed by atoms with van der Waals surface area (Å²) in [6.45, 7) is 0. The number of H-pyrrole nitrogens is 1. The maximum absolute atomic E-state index is 11.4. The van der Waals surface area contributed by atoms with Gasteiger partial charge in [0.1, 0.15) is 0 Å². The minimum absolute atomic E-state index is 0.177. The first kappa shape index (κ1) is 18.3. The molecule has 0 aliphatic rings. The molecule has 0 fully saturated rings. The number of aromatic nitrogens is 3. The molecule has 0 spiro atoms. The molecule has 5 N–H and O–H groups in total. The lowest BCUT2D eigenvalue weighted by Gasteiger charge is -2.12. The van der Waals surface area contributed by atoms with E-state index in [9.17, 15) is 8.42 Å². The summed E-state index contributed by atoms with van der Waals surface area (Å²) in [4.78, 5) is 3.94. The van der Waals surface area contributed by atoms with E-state index in [-0.39, 0.29) is 11.9 Å². The van der Waals surface area contributed by atoms with Crippen LogP contribution in [0.1, 0.15) is 0 Å². The number of nitrogen functional groups attached to an aromatic ring is 1. The van der Waals surface area contributed by atoms with Crippen molar-refractivity contribution in [3.05, 3.63) is 46.4 Å². The third-order valence-electron chi connectivity index (χ3n) is 3.26. The maximum Gasteiger partial charge on any atom is 0.248 e. The fourth-order valence-electron chi connectivity index (χ4n) is 2.33. The van der Waals surface area contributed by atoms with Crippen LogP contribution in [0.5, 0.6) is 0 Å². The standard InChI is InChI=1S/C15H14Cl2N6O2S/c1-26(24,25)23-9-4-2-3-8(5-9)13-11(16)6-10(7-12(13)17)19-15-20-14(18)21-22-15/h2-7,23H,1H3,(H4,18,19,20,21,22). The fraction of sp³-hybridized carbons (Fsp3) is 0.0667. The molecular formula is C15H14Cl2N6O2S. The Labute approximate surface area is 159 Å². The van der Waals surface area contributed by atoms with Gasteiger partial charge in [0.2, 0.25) is 21.9 Å². The van der Waals surface area contributed by atoms with Gasteiger partial charge in [-0.3, -0.25) is 4.72 Å². The van der Waals surface area contributed by atoms with E-state index >= 15 is 0 Å². The number of hydrogen-bond acceptors (Lipinski definition) is 6. The van der Waals surface area contributed by atoms with Crippen LogP contribution in [0.4, 0.5) is 23.3 Å². The lowest BCUT2D eigenvalue weighted by Crippen LogP contribution is -2.09. The van der Waals surface area contributed by atoms with Gasteiger partial charge in [-0.15, -0.1) is 5.10 Å². The van der Waals surface area contributed by atoms with Crippen molar-refractivity contribution in [3.8, 4) is 11.1 Å². The van der Waals surface area contributed by atoms with Gasteiger partial charge in [-0.2, -0.15) is 4.98 Å². The first-order valence-electron chi connectivity index (χ1n) is 7.23. The molecule has 0 saturated heterocycles. The Hall–Kier alpha value is -2.49. The van der Waals surface area contributed by atoms with Crippen molar-refractivity contribution in [1.82, 2.24) is 15.2 Å². The number of nitrogens with two attached hydrogens (primary N) is 1. The molecule has 3 rings (SSSR count). The van der Waals surface area contributed by atoms with Gasteiger partial charge >= 0.3 is 0 Å². The molecule has 0 saturated carbocycles. The number of halogens is 2. The smallest absolute Gasteiger partial charge is 0.248 e. The van der Waals surface area contributed by atoms with E-state index in [1.165, 1.54) is 0 Å². The van der Waals surface area contributed by atoms with Gasteiger partial charge in [-0.25, -0.2) is 13.5 Å². The van der Waals surface area contributed by atoms with Crippen LogP contribution < -0.4 is 15.8 Å². The number of rotatable bonds is 5. The molecule has 1 aromatic heterocycles. The molecule has 3 aromatic rings. The van der Waals surface area contributed by atoms with E-state index < -0.39 is 10.0 Å². The second-order valence-corrected chi connectivity index (χ2v) is 8.00. The number of nitrogens with one attached hydrogen (secondary N) is 3. The first-order valence-corrected chi connectivity index (χ1v) is 9.88. The lowest BCUT2D eigenvalue weighted by molar-refractivity contribution is 0.607. The minimum Gasteiger partial charge on any atom is -0.368 e. The summed E-state index contributed by atoms with van der Waals surface area (Å²) in [5.41, 5.74) is 7.71.